The van der Waals surface area contributed by atoms with Crippen LogP contribution in [0.2, 0.25) is 0 Å². The number of hydrogen-bond donors (Lipinski definition) is 2. The topological polar surface area (TPSA) is 83.7 Å². The van der Waals surface area contributed by atoms with Gasteiger partial charge in [0.25, 0.3) is 5.91 Å². The van der Waals surface area contributed by atoms with Crippen molar-refractivity contribution in [3.05, 3.63) is 74.7 Å². The quantitative estimate of drug-likeness (QED) is 0.449. The fourth-order valence-electron chi connectivity index (χ4n) is 4.02. The lowest BCUT2D eigenvalue weighted by Gasteiger charge is -2.11. The summed E-state index contributed by atoms with van der Waals surface area (Å²) in [5, 5.41) is 14.6. The molecule has 0 spiro atoms. The number of carbonyl (C=O) groups is 2. The number of carboxylic acid groups (broad SMARTS) is 1. The molecule has 1 aliphatic rings. The lowest BCUT2D eigenvalue weighted by Crippen LogP contribution is -2.17. The Bertz CT molecular complexity index is 1210. The van der Waals surface area contributed by atoms with Gasteiger partial charge >= 0.3 is 5.97 Å². The molecule has 6 nitrogen and oxygen atoms in total. The van der Waals surface area contributed by atoms with Crippen LogP contribution in [0, 0.1) is 19.7 Å². The van der Waals surface area contributed by atoms with E-state index in [1.165, 1.54) is 24.4 Å². The van der Waals surface area contributed by atoms with E-state index in [1.807, 2.05) is 24.5 Å². The highest BCUT2D eigenvalue weighted by Gasteiger charge is 2.27. The maximum atomic E-state index is 13.3. The van der Waals surface area contributed by atoms with Gasteiger partial charge in [-0.3, -0.25) is 4.79 Å². The van der Waals surface area contributed by atoms with Crippen molar-refractivity contribution in [2.45, 2.75) is 39.5 Å². The number of amides is 1. The van der Waals surface area contributed by atoms with E-state index in [1.54, 1.807) is 11.3 Å². The summed E-state index contributed by atoms with van der Waals surface area (Å²) in [6.07, 6.45) is 5.33. The minimum absolute atomic E-state index is 0.179. The lowest BCUT2D eigenvalue weighted by atomic mass is 9.95. The summed E-state index contributed by atoms with van der Waals surface area (Å²) in [6, 6.07) is 7.27. The zero-order valence-electron chi connectivity index (χ0n) is 17.2. The Morgan fingerprint density at radius 2 is 2.00 bits per heavy atom. The van der Waals surface area contributed by atoms with Crippen LogP contribution < -0.4 is 5.43 Å². The predicted octanol–water partition coefficient (Wildman–Crippen LogP) is 4.64. The molecule has 0 saturated heterocycles. The molecule has 2 aromatic heterocycles. The zero-order chi connectivity index (χ0) is 22.1. The molecule has 4 rings (SSSR count). The molecule has 1 aromatic carbocycles. The van der Waals surface area contributed by atoms with E-state index in [4.69, 9.17) is 0 Å². The number of aryl methyl sites for hydroxylation is 2. The summed E-state index contributed by atoms with van der Waals surface area (Å²) in [5.41, 5.74) is 6.42. The molecule has 2 N–H and O–H groups in total. The number of benzene rings is 1. The maximum Gasteiger partial charge on any atom is 0.339 e. The second-order valence-electron chi connectivity index (χ2n) is 7.57. The van der Waals surface area contributed by atoms with Crippen molar-refractivity contribution in [2.75, 3.05) is 0 Å². The van der Waals surface area contributed by atoms with Crippen molar-refractivity contribution >= 4 is 29.4 Å². The number of hydrogen-bond acceptors (Lipinski definition) is 4. The molecule has 0 aliphatic heterocycles. The van der Waals surface area contributed by atoms with Crippen LogP contribution in [0.3, 0.4) is 0 Å². The van der Waals surface area contributed by atoms with Gasteiger partial charge in [0.05, 0.1) is 11.8 Å². The van der Waals surface area contributed by atoms with Crippen molar-refractivity contribution in [1.29, 1.82) is 0 Å². The zero-order valence-corrected chi connectivity index (χ0v) is 18.1. The van der Waals surface area contributed by atoms with E-state index in [2.05, 4.69) is 10.5 Å². The Balaban J connectivity index is 1.63. The van der Waals surface area contributed by atoms with Crippen molar-refractivity contribution < 1.29 is 19.1 Å². The van der Waals surface area contributed by atoms with Crippen LogP contribution in [0.25, 0.3) is 5.00 Å². The van der Waals surface area contributed by atoms with Gasteiger partial charge in [0.15, 0.2) is 0 Å². The first kappa shape index (κ1) is 21.0. The maximum absolute atomic E-state index is 13.3. The molecule has 0 atom stereocenters. The second-order valence-corrected chi connectivity index (χ2v) is 8.65. The van der Waals surface area contributed by atoms with Crippen LogP contribution in [0.1, 0.15) is 60.9 Å². The summed E-state index contributed by atoms with van der Waals surface area (Å²) in [4.78, 5) is 25.3. The minimum atomic E-state index is -0.903. The Kier molecular flexibility index (Phi) is 5.73. The molecule has 3 aromatic rings. The summed E-state index contributed by atoms with van der Waals surface area (Å²) < 4.78 is 15.2. The van der Waals surface area contributed by atoms with Gasteiger partial charge in [-0.15, -0.1) is 11.3 Å². The number of carboxylic acids is 1. The van der Waals surface area contributed by atoms with Gasteiger partial charge in [0.2, 0.25) is 0 Å². The van der Waals surface area contributed by atoms with Crippen LogP contribution in [0.5, 0.6) is 0 Å². The molecule has 160 valence electrons. The number of fused-ring (bicyclic) bond motifs is 1. The third-order valence-corrected chi connectivity index (χ3v) is 6.77. The number of nitrogens with one attached hydrogen (secondary N) is 1. The molecule has 0 saturated carbocycles. The highest BCUT2D eigenvalue weighted by Crippen LogP contribution is 2.38. The smallest absolute Gasteiger partial charge is 0.339 e. The van der Waals surface area contributed by atoms with E-state index in [0.29, 0.717) is 5.56 Å². The van der Waals surface area contributed by atoms with Crippen molar-refractivity contribution in [3.63, 3.8) is 0 Å². The summed E-state index contributed by atoms with van der Waals surface area (Å²) in [6.45, 7) is 3.81. The number of nitrogens with zero attached hydrogens (tertiary/aromatic N) is 2. The summed E-state index contributed by atoms with van der Waals surface area (Å²) in [5.74, 6) is -1.91. The molecular weight excluding hydrogens is 417 g/mol. The van der Waals surface area contributed by atoms with Crippen molar-refractivity contribution in [3.8, 4) is 5.00 Å². The fourth-order valence-corrected chi connectivity index (χ4v) is 5.51. The molecule has 0 radical (unpaired) electrons. The van der Waals surface area contributed by atoms with Gasteiger partial charge in [-0.05, 0) is 69.4 Å². The van der Waals surface area contributed by atoms with E-state index in [-0.39, 0.29) is 5.56 Å². The third-order valence-electron chi connectivity index (χ3n) is 5.50. The largest absolute Gasteiger partial charge is 0.478 e. The fraction of sp³-hybridized carbons (Fsp3) is 0.261. The molecule has 1 amide bonds. The molecular formula is C23H22FN3O3S. The van der Waals surface area contributed by atoms with Gasteiger partial charge in [0, 0.05) is 27.4 Å². The van der Waals surface area contributed by atoms with Gasteiger partial charge in [0.1, 0.15) is 10.8 Å². The Morgan fingerprint density at radius 3 is 2.74 bits per heavy atom. The minimum Gasteiger partial charge on any atom is -0.478 e. The summed E-state index contributed by atoms with van der Waals surface area (Å²) >= 11 is 1.54. The SMILES string of the molecule is Cc1cc(/C=N\NC(=O)c2cccc(F)c2)c(C)n1-c1sc2c(c1C(=O)O)CCCC2. The number of thiophene rings is 1. The van der Waals surface area contributed by atoms with E-state index in [9.17, 15) is 19.1 Å². The Morgan fingerprint density at radius 1 is 1.23 bits per heavy atom. The molecule has 0 unspecified atom stereocenters. The number of hydrazone groups is 1. The average Bonchev–Trinajstić information content (AvgIpc) is 3.24. The predicted molar refractivity (Wildman–Crippen MR) is 118 cm³/mol. The monoisotopic (exact) mass is 439 g/mol. The normalized spacial score (nSPS) is 13.4. The van der Waals surface area contributed by atoms with Gasteiger partial charge in [-0.25, -0.2) is 14.6 Å². The number of carbonyl (C=O) groups excluding carboxylic acids is 1. The molecule has 31 heavy (non-hydrogen) atoms. The number of halogens is 1. The first-order valence-corrected chi connectivity index (χ1v) is 10.8. The number of aromatic nitrogens is 1. The van der Waals surface area contributed by atoms with Crippen LogP contribution in [0.15, 0.2) is 35.4 Å². The van der Waals surface area contributed by atoms with Gasteiger partial charge < -0.3 is 9.67 Å². The average molecular weight is 440 g/mol. The van der Waals surface area contributed by atoms with Gasteiger partial charge in [-0.2, -0.15) is 5.10 Å². The van der Waals surface area contributed by atoms with Crippen molar-refractivity contribution in [2.24, 2.45) is 5.10 Å². The lowest BCUT2D eigenvalue weighted by molar-refractivity contribution is 0.0695. The Labute approximate surface area is 183 Å². The molecule has 0 bridgehead atoms. The summed E-state index contributed by atoms with van der Waals surface area (Å²) in [7, 11) is 0. The van der Waals surface area contributed by atoms with E-state index >= 15 is 0 Å². The molecule has 0 fully saturated rings. The van der Waals surface area contributed by atoms with E-state index in [0.717, 1.165) is 64.1 Å². The number of aromatic carboxylic acids is 1. The van der Waals surface area contributed by atoms with Crippen LogP contribution in [-0.4, -0.2) is 27.8 Å². The molecule has 2 heterocycles. The van der Waals surface area contributed by atoms with Crippen molar-refractivity contribution in [1.82, 2.24) is 9.99 Å². The van der Waals surface area contributed by atoms with Crippen LogP contribution in [0.4, 0.5) is 4.39 Å². The second kappa shape index (κ2) is 8.47. The third kappa shape index (κ3) is 4.03. The standard InChI is InChI=1S/C23H22FN3O3S/c1-13-10-16(12-25-26-21(28)15-6-5-7-17(24)11-15)14(2)27(13)22-20(23(29)30)18-8-3-4-9-19(18)31-22/h5-7,10-12H,3-4,8-9H2,1-2H3,(H,26,28)(H,29,30)/b25-12-. The molecule has 8 heteroatoms. The molecule has 1 aliphatic carbocycles. The number of rotatable bonds is 5. The Hall–Kier alpha value is -3.26. The van der Waals surface area contributed by atoms with E-state index < -0.39 is 17.7 Å². The first-order chi connectivity index (χ1) is 14.9. The highest BCUT2D eigenvalue weighted by atomic mass is 32.1. The highest BCUT2D eigenvalue weighted by molar-refractivity contribution is 7.15. The van der Waals surface area contributed by atoms with Crippen LogP contribution in [-0.2, 0) is 12.8 Å². The van der Waals surface area contributed by atoms with Gasteiger partial charge in [-0.1, -0.05) is 6.07 Å². The first-order valence-electron chi connectivity index (χ1n) is 10.0. The van der Waals surface area contributed by atoms with Crippen LogP contribution >= 0.6 is 11.3 Å².